The van der Waals surface area contributed by atoms with Gasteiger partial charge < -0.3 is 20.9 Å². The molecule has 0 heterocycles. The van der Waals surface area contributed by atoms with Crippen molar-refractivity contribution in [3.63, 3.8) is 0 Å². The maximum atomic E-state index is 5.86. The Kier molecular flexibility index (Phi) is 6.62. The molecule has 0 aliphatic carbocycles. The van der Waals surface area contributed by atoms with Gasteiger partial charge in [0.2, 0.25) is 0 Å². The smallest absolute Gasteiger partial charge is 0.103 e. The summed E-state index contributed by atoms with van der Waals surface area (Å²) >= 11 is 0. The topological polar surface area (TPSA) is 70.5 Å². The number of hydrogen-bond donors (Lipinski definition) is 2. The highest BCUT2D eigenvalue weighted by molar-refractivity contribution is 4.75. The molecule has 4 heteroatoms. The second-order valence-corrected chi connectivity index (χ2v) is 6.12. The van der Waals surface area contributed by atoms with E-state index in [9.17, 15) is 0 Å². The van der Waals surface area contributed by atoms with Crippen molar-refractivity contribution in [2.24, 2.45) is 11.5 Å². The van der Waals surface area contributed by atoms with Crippen molar-refractivity contribution in [2.75, 3.05) is 6.61 Å². The Morgan fingerprint density at radius 3 is 1.94 bits per heavy atom. The fourth-order valence-electron chi connectivity index (χ4n) is 1.97. The van der Waals surface area contributed by atoms with Gasteiger partial charge in [0.05, 0.1) is 17.8 Å². The predicted octanol–water partition coefficient (Wildman–Crippen LogP) is 2.01. The summed E-state index contributed by atoms with van der Waals surface area (Å²) in [7, 11) is 0. The van der Waals surface area contributed by atoms with Crippen molar-refractivity contribution in [1.29, 1.82) is 0 Å². The maximum Gasteiger partial charge on any atom is 0.103 e. The largest absolute Gasteiger partial charge is 0.375 e. The SMILES string of the molecule is CC(N)CC(C)(C)OCCC(C)(C)OC(C)N. The van der Waals surface area contributed by atoms with Crippen LogP contribution in [-0.4, -0.2) is 30.1 Å². The summed E-state index contributed by atoms with van der Waals surface area (Å²) in [6, 6.07) is 0.151. The van der Waals surface area contributed by atoms with Crippen LogP contribution in [0.3, 0.4) is 0 Å². The molecule has 0 spiro atoms. The van der Waals surface area contributed by atoms with Crippen molar-refractivity contribution < 1.29 is 9.47 Å². The molecule has 17 heavy (non-hydrogen) atoms. The van der Waals surface area contributed by atoms with Crippen LogP contribution in [0.15, 0.2) is 0 Å². The van der Waals surface area contributed by atoms with Gasteiger partial charge >= 0.3 is 0 Å². The molecule has 0 aliphatic rings. The molecule has 0 aliphatic heterocycles. The van der Waals surface area contributed by atoms with E-state index in [1.807, 2.05) is 27.7 Å². The highest BCUT2D eigenvalue weighted by Gasteiger charge is 2.24. The molecular weight excluding hydrogens is 216 g/mol. The number of ether oxygens (including phenoxy) is 2. The molecule has 4 nitrogen and oxygen atoms in total. The van der Waals surface area contributed by atoms with E-state index >= 15 is 0 Å². The monoisotopic (exact) mass is 246 g/mol. The number of nitrogens with two attached hydrogens (primary N) is 2. The second-order valence-electron chi connectivity index (χ2n) is 6.12. The van der Waals surface area contributed by atoms with Crippen LogP contribution in [-0.2, 0) is 9.47 Å². The van der Waals surface area contributed by atoms with Gasteiger partial charge in [0.1, 0.15) is 6.23 Å². The highest BCUT2D eigenvalue weighted by Crippen LogP contribution is 2.20. The van der Waals surface area contributed by atoms with E-state index in [0.29, 0.717) is 6.61 Å². The van der Waals surface area contributed by atoms with E-state index in [2.05, 4.69) is 13.8 Å². The third kappa shape index (κ3) is 9.53. The minimum atomic E-state index is -0.251. The zero-order valence-electron chi connectivity index (χ0n) is 12.2. The first-order valence-electron chi connectivity index (χ1n) is 6.37. The van der Waals surface area contributed by atoms with Gasteiger partial charge in [0.15, 0.2) is 0 Å². The molecule has 0 bridgehead atoms. The molecule has 0 radical (unpaired) electrons. The van der Waals surface area contributed by atoms with E-state index in [1.165, 1.54) is 0 Å². The van der Waals surface area contributed by atoms with Gasteiger partial charge in [-0.1, -0.05) is 0 Å². The average molecular weight is 246 g/mol. The quantitative estimate of drug-likeness (QED) is 0.643. The van der Waals surface area contributed by atoms with Gasteiger partial charge in [0, 0.05) is 6.04 Å². The van der Waals surface area contributed by atoms with Crippen LogP contribution in [0.25, 0.3) is 0 Å². The third-order valence-electron chi connectivity index (χ3n) is 2.52. The molecule has 4 N–H and O–H groups in total. The van der Waals surface area contributed by atoms with E-state index in [4.69, 9.17) is 20.9 Å². The Morgan fingerprint density at radius 2 is 1.53 bits per heavy atom. The highest BCUT2D eigenvalue weighted by atomic mass is 16.5. The number of hydrogen-bond acceptors (Lipinski definition) is 4. The lowest BCUT2D eigenvalue weighted by Gasteiger charge is -2.31. The van der Waals surface area contributed by atoms with Crippen molar-refractivity contribution in [3.05, 3.63) is 0 Å². The summed E-state index contributed by atoms with van der Waals surface area (Å²) in [5, 5.41) is 0. The molecule has 2 unspecified atom stereocenters. The van der Waals surface area contributed by atoms with Crippen LogP contribution in [0.1, 0.15) is 54.4 Å². The van der Waals surface area contributed by atoms with E-state index < -0.39 is 0 Å². The lowest BCUT2D eigenvalue weighted by Crippen LogP contribution is -2.37. The van der Waals surface area contributed by atoms with Crippen molar-refractivity contribution in [2.45, 2.75) is 77.9 Å². The Labute approximate surface area is 106 Å². The van der Waals surface area contributed by atoms with Crippen molar-refractivity contribution in [1.82, 2.24) is 0 Å². The number of rotatable bonds is 8. The average Bonchev–Trinajstić information content (AvgIpc) is 1.96. The first-order chi connectivity index (χ1) is 7.54. The molecule has 0 fully saturated rings. The van der Waals surface area contributed by atoms with Gasteiger partial charge in [0.25, 0.3) is 0 Å². The minimum Gasteiger partial charge on any atom is -0.375 e. The van der Waals surface area contributed by atoms with E-state index in [0.717, 1.165) is 12.8 Å². The molecule has 0 saturated carbocycles. The van der Waals surface area contributed by atoms with Crippen LogP contribution >= 0.6 is 0 Å². The van der Waals surface area contributed by atoms with Gasteiger partial charge in [-0.05, 0) is 54.4 Å². The molecule has 0 aromatic heterocycles. The Balaban J connectivity index is 3.97. The first kappa shape index (κ1) is 16.8. The summed E-state index contributed by atoms with van der Waals surface area (Å²) < 4.78 is 11.5. The Hall–Kier alpha value is -0.160. The molecular formula is C13H30N2O2. The summed E-state index contributed by atoms with van der Waals surface area (Å²) in [6.45, 7) is 12.7. The standard InChI is InChI=1S/C13H30N2O2/c1-10(14)9-13(5,6)16-8-7-12(3,4)17-11(2)15/h10-11H,7-9,14-15H2,1-6H3. The summed E-state index contributed by atoms with van der Waals surface area (Å²) in [5.74, 6) is 0. The Morgan fingerprint density at radius 1 is 1.00 bits per heavy atom. The summed E-state index contributed by atoms with van der Waals surface area (Å²) in [6.07, 6.45) is 1.42. The molecule has 104 valence electrons. The van der Waals surface area contributed by atoms with Gasteiger partial charge in [-0.3, -0.25) is 0 Å². The van der Waals surface area contributed by atoms with Crippen molar-refractivity contribution >= 4 is 0 Å². The molecule has 0 rings (SSSR count). The zero-order chi connectivity index (χ0) is 13.7. The predicted molar refractivity (Wildman–Crippen MR) is 71.7 cm³/mol. The normalized spacial score (nSPS) is 16.9. The third-order valence-corrected chi connectivity index (χ3v) is 2.52. The van der Waals surface area contributed by atoms with Gasteiger partial charge in [-0.25, -0.2) is 0 Å². The lowest BCUT2D eigenvalue weighted by molar-refractivity contribution is -0.0967. The first-order valence-corrected chi connectivity index (χ1v) is 6.37. The van der Waals surface area contributed by atoms with E-state index in [-0.39, 0.29) is 23.5 Å². The minimum absolute atomic E-state index is 0.151. The fourth-order valence-corrected chi connectivity index (χ4v) is 1.97. The molecule has 0 saturated heterocycles. The zero-order valence-corrected chi connectivity index (χ0v) is 12.2. The fraction of sp³-hybridized carbons (Fsp3) is 1.00. The van der Waals surface area contributed by atoms with Crippen LogP contribution in [0, 0.1) is 0 Å². The Bertz CT molecular complexity index is 191. The van der Waals surface area contributed by atoms with Crippen LogP contribution in [0.5, 0.6) is 0 Å². The second kappa shape index (κ2) is 6.69. The van der Waals surface area contributed by atoms with Gasteiger partial charge in [-0.15, -0.1) is 0 Å². The molecule has 2 atom stereocenters. The van der Waals surface area contributed by atoms with Crippen LogP contribution in [0.2, 0.25) is 0 Å². The lowest BCUT2D eigenvalue weighted by atomic mass is 10.00. The molecule has 0 aromatic carbocycles. The van der Waals surface area contributed by atoms with E-state index in [1.54, 1.807) is 0 Å². The van der Waals surface area contributed by atoms with Crippen LogP contribution < -0.4 is 11.5 Å². The summed E-state index contributed by atoms with van der Waals surface area (Å²) in [5.41, 5.74) is 11.0. The molecule has 0 amide bonds. The molecule has 0 aromatic rings. The van der Waals surface area contributed by atoms with Gasteiger partial charge in [-0.2, -0.15) is 0 Å². The summed E-state index contributed by atoms with van der Waals surface area (Å²) in [4.78, 5) is 0. The van der Waals surface area contributed by atoms with Crippen LogP contribution in [0.4, 0.5) is 0 Å². The maximum absolute atomic E-state index is 5.86. The van der Waals surface area contributed by atoms with Crippen molar-refractivity contribution in [3.8, 4) is 0 Å².